The van der Waals surface area contributed by atoms with Gasteiger partial charge in [-0.3, -0.25) is 14.9 Å². The van der Waals surface area contributed by atoms with Crippen molar-refractivity contribution in [2.75, 3.05) is 14.2 Å². The van der Waals surface area contributed by atoms with Crippen molar-refractivity contribution >= 4 is 64.4 Å². The molecule has 0 aliphatic carbocycles. The quantitative estimate of drug-likeness (QED) is 0.191. The highest BCUT2D eigenvalue weighted by atomic mass is 32.2. The molecule has 11 nitrogen and oxygen atoms in total. The third kappa shape index (κ3) is 5.10. The number of allylic oxidation sites excluding steroid dienone is 1. The molecule has 13 heteroatoms. The molecule has 0 bridgehead atoms. The summed E-state index contributed by atoms with van der Waals surface area (Å²) < 4.78 is 15.4. The van der Waals surface area contributed by atoms with E-state index in [4.69, 9.17) is 26.1 Å². The second-order valence-corrected chi connectivity index (χ2v) is 7.80. The Bertz CT molecular complexity index is 1230. The summed E-state index contributed by atoms with van der Waals surface area (Å²) in [6, 6.07) is 5.64. The molecule has 170 valence electrons. The lowest BCUT2D eigenvalue weighted by atomic mass is 10.0. The largest absolute Gasteiger partial charge is 0.493 e. The molecular weight excluding hydrogens is 474 g/mol. The van der Waals surface area contributed by atoms with Crippen molar-refractivity contribution in [3.8, 4) is 11.5 Å². The number of thioether (sulfide) groups is 1. The zero-order valence-electron chi connectivity index (χ0n) is 17.1. The van der Waals surface area contributed by atoms with Crippen LogP contribution in [0.15, 0.2) is 44.8 Å². The summed E-state index contributed by atoms with van der Waals surface area (Å²) in [6.07, 6.45) is 5.49. The van der Waals surface area contributed by atoms with Crippen molar-refractivity contribution < 1.29 is 33.5 Å². The smallest absolute Gasteiger partial charge is 0.433 e. The van der Waals surface area contributed by atoms with Gasteiger partial charge in [0.25, 0.3) is 5.91 Å². The van der Waals surface area contributed by atoms with Gasteiger partial charge in [0.1, 0.15) is 16.2 Å². The molecule has 1 aromatic carbocycles. The first-order valence-corrected chi connectivity index (χ1v) is 10.2. The molecule has 1 amide bonds. The second kappa shape index (κ2) is 10.1. The standard InChI is InChI=1S/C20H15N3O8S2/c1-29-13-7-5-11(16(19(25)26)17(13)30-2)10-14-18(24)22(20(32)33-14)21-9-3-4-12-6-8-15(31-12)23(27)28/h3-10H,1-2H3,(H,25,26)/b4-3+,14-10+,21-9+. The normalized spacial score (nSPS) is 15.2. The number of furan rings is 1. The summed E-state index contributed by atoms with van der Waals surface area (Å²) >= 11 is 6.15. The molecule has 33 heavy (non-hydrogen) atoms. The number of hydrogen-bond donors (Lipinski definition) is 1. The zero-order valence-corrected chi connectivity index (χ0v) is 18.7. The number of benzene rings is 1. The van der Waals surface area contributed by atoms with Gasteiger partial charge in [-0.15, -0.1) is 0 Å². The minimum absolute atomic E-state index is 0.0237. The topological polar surface area (TPSA) is 145 Å². The summed E-state index contributed by atoms with van der Waals surface area (Å²) in [5.41, 5.74) is 0.0602. The SMILES string of the molecule is COc1ccc(/C=C2/SC(=S)N(/N=C/C=C/c3ccc([N+](=O)[O-])o3)C2=O)c(C(=O)O)c1OC. The Balaban J connectivity index is 1.82. The predicted molar refractivity (Wildman–Crippen MR) is 124 cm³/mol. The van der Waals surface area contributed by atoms with Crippen LogP contribution in [-0.2, 0) is 4.79 Å². The predicted octanol–water partition coefficient (Wildman–Crippen LogP) is 3.80. The van der Waals surface area contributed by atoms with E-state index >= 15 is 0 Å². The Hall–Kier alpha value is -3.97. The molecular formula is C20H15N3O8S2. The van der Waals surface area contributed by atoms with E-state index in [-0.39, 0.29) is 37.6 Å². The van der Waals surface area contributed by atoms with Crippen LogP contribution >= 0.6 is 24.0 Å². The fourth-order valence-electron chi connectivity index (χ4n) is 2.76. The van der Waals surface area contributed by atoms with Gasteiger partial charge in [0.2, 0.25) is 0 Å². The molecule has 1 aromatic heterocycles. The molecule has 0 saturated carbocycles. The Kier molecular flexibility index (Phi) is 7.25. The first-order valence-electron chi connectivity index (χ1n) is 8.98. The fraction of sp³-hybridized carbons (Fsp3) is 0.100. The number of thiocarbonyl (C=S) groups is 1. The summed E-state index contributed by atoms with van der Waals surface area (Å²) in [4.78, 5) is 34.7. The highest BCUT2D eigenvalue weighted by Crippen LogP contribution is 2.37. The number of hydrazone groups is 1. The van der Waals surface area contributed by atoms with Crippen LogP contribution in [0.1, 0.15) is 21.7 Å². The number of aromatic carboxylic acids is 1. The maximum absolute atomic E-state index is 12.7. The average Bonchev–Trinajstić information content (AvgIpc) is 3.36. The minimum atomic E-state index is -1.26. The van der Waals surface area contributed by atoms with Gasteiger partial charge in [-0.1, -0.05) is 17.8 Å². The van der Waals surface area contributed by atoms with Crippen molar-refractivity contribution in [2.24, 2.45) is 5.10 Å². The van der Waals surface area contributed by atoms with Crippen LogP contribution in [0.2, 0.25) is 0 Å². The molecule has 0 spiro atoms. The molecule has 2 aromatic rings. The number of rotatable bonds is 8. The minimum Gasteiger partial charge on any atom is -0.493 e. The fourth-order valence-corrected chi connectivity index (χ4v) is 3.92. The summed E-state index contributed by atoms with van der Waals surface area (Å²) in [7, 11) is 2.70. The molecule has 1 N–H and O–H groups in total. The molecule has 1 saturated heterocycles. The number of nitrogens with zero attached hydrogens (tertiary/aromatic N) is 3. The summed E-state index contributed by atoms with van der Waals surface area (Å²) in [6.45, 7) is 0. The van der Waals surface area contributed by atoms with Gasteiger partial charge in [0.15, 0.2) is 15.8 Å². The van der Waals surface area contributed by atoms with E-state index in [0.717, 1.165) is 16.8 Å². The number of nitro groups is 1. The molecule has 0 unspecified atom stereocenters. The number of carbonyl (C=O) groups is 2. The monoisotopic (exact) mass is 489 g/mol. The molecule has 1 fully saturated rings. The van der Waals surface area contributed by atoms with E-state index in [9.17, 15) is 24.8 Å². The number of amides is 1. The van der Waals surface area contributed by atoms with Gasteiger partial charge in [-0.25, -0.2) is 4.79 Å². The van der Waals surface area contributed by atoms with E-state index in [1.807, 2.05) is 0 Å². The lowest BCUT2D eigenvalue weighted by molar-refractivity contribution is -0.402. The number of methoxy groups -OCH3 is 2. The van der Waals surface area contributed by atoms with Crippen molar-refractivity contribution in [1.29, 1.82) is 0 Å². The van der Waals surface area contributed by atoms with E-state index in [1.165, 1.54) is 62.9 Å². The summed E-state index contributed by atoms with van der Waals surface area (Å²) in [5.74, 6) is -1.71. The Morgan fingerprint density at radius 2 is 2.06 bits per heavy atom. The molecule has 3 rings (SSSR count). The Morgan fingerprint density at radius 1 is 1.30 bits per heavy atom. The number of carboxylic acid groups (broad SMARTS) is 1. The van der Waals surface area contributed by atoms with Crippen molar-refractivity contribution in [3.63, 3.8) is 0 Å². The van der Waals surface area contributed by atoms with E-state index < -0.39 is 22.7 Å². The first-order chi connectivity index (χ1) is 15.8. The van der Waals surface area contributed by atoms with Crippen molar-refractivity contribution in [3.05, 3.63) is 62.2 Å². The van der Waals surface area contributed by atoms with E-state index in [2.05, 4.69) is 5.10 Å². The third-order valence-corrected chi connectivity index (χ3v) is 5.46. The maximum Gasteiger partial charge on any atom is 0.433 e. The van der Waals surface area contributed by atoms with Gasteiger partial charge >= 0.3 is 11.9 Å². The lowest BCUT2D eigenvalue weighted by Crippen LogP contribution is -2.21. The number of carbonyl (C=O) groups excluding carboxylic acids is 1. The highest BCUT2D eigenvalue weighted by Gasteiger charge is 2.33. The van der Waals surface area contributed by atoms with Crippen molar-refractivity contribution in [1.82, 2.24) is 5.01 Å². The highest BCUT2D eigenvalue weighted by molar-refractivity contribution is 8.26. The lowest BCUT2D eigenvalue weighted by Gasteiger charge is -2.12. The second-order valence-electron chi connectivity index (χ2n) is 6.12. The van der Waals surface area contributed by atoms with Crippen LogP contribution in [0.25, 0.3) is 12.2 Å². The number of hydrogen-bond acceptors (Lipinski definition) is 10. The maximum atomic E-state index is 12.7. The molecule has 1 aliphatic heterocycles. The van der Waals surface area contributed by atoms with E-state index in [0.29, 0.717) is 0 Å². The third-order valence-electron chi connectivity index (χ3n) is 4.17. The van der Waals surface area contributed by atoms with Crippen molar-refractivity contribution in [2.45, 2.75) is 0 Å². The molecule has 2 heterocycles. The van der Waals surface area contributed by atoms with Gasteiger partial charge in [-0.05, 0) is 48.1 Å². The first kappa shape index (κ1) is 23.7. The van der Waals surface area contributed by atoms with Crippen LogP contribution in [0.5, 0.6) is 11.5 Å². The van der Waals surface area contributed by atoms with Gasteiger partial charge < -0.3 is 19.0 Å². The Morgan fingerprint density at radius 3 is 2.67 bits per heavy atom. The van der Waals surface area contributed by atoms with Gasteiger partial charge in [0, 0.05) is 6.21 Å². The van der Waals surface area contributed by atoms with Gasteiger partial charge in [-0.2, -0.15) is 10.1 Å². The number of ether oxygens (including phenoxy) is 2. The van der Waals surface area contributed by atoms with Crippen LogP contribution in [0.4, 0.5) is 5.88 Å². The average molecular weight is 489 g/mol. The molecule has 1 aliphatic rings. The molecule has 0 atom stereocenters. The van der Waals surface area contributed by atoms with Crippen LogP contribution in [-0.4, -0.2) is 51.7 Å². The summed E-state index contributed by atoms with van der Waals surface area (Å²) in [5, 5.41) is 25.2. The van der Waals surface area contributed by atoms with E-state index in [1.54, 1.807) is 0 Å². The Labute approximate surface area is 196 Å². The zero-order chi connectivity index (χ0) is 24.1. The number of carboxylic acids is 1. The van der Waals surface area contributed by atoms with Gasteiger partial charge in [0.05, 0.1) is 25.2 Å². The van der Waals surface area contributed by atoms with Crippen LogP contribution in [0.3, 0.4) is 0 Å². The van der Waals surface area contributed by atoms with Crippen LogP contribution < -0.4 is 9.47 Å². The van der Waals surface area contributed by atoms with Crippen LogP contribution in [0, 0.1) is 10.1 Å². The molecule has 0 radical (unpaired) electrons.